The molecule has 0 aliphatic carbocycles. The van der Waals surface area contributed by atoms with Crippen molar-refractivity contribution < 1.29 is 26.3 Å². The predicted octanol–water partition coefficient (Wildman–Crippen LogP) is 13.2. The maximum atomic E-state index is 14.6. The Kier molecular flexibility index (Phi) is 7.79. The van der Waals surface area contributed by atoms with Gasteiger partial charge in [0.05, 0.1) is 45.9 Å². The number of aryl methyl sites for hydroxylation is 2. The molecule has 4 heterocycles. The van der Waals surface area contributed by atoms with Gasteiger partial charge >= 0.3 is 12.4 Å². The average molecular weight is 789 g/mol. The van der Waals surface area contributed by atoms with Crippen LogP contribution in [-0.2, 0) is 5.41 Å². The van der Waals surface area contributed by atoms with E-state index < -0.39 is 28.9 Å². The van der Waals surface area contributed by atoms with E-state index in [1.54, 1.807) is 29.6 Å². The number of nitrogens with zero attached hydrogens (tertiary/aromatic N) is 4. The van der Waals surface area contributed by atoms with E-state index in [1.807, 2.05) is 43.3 Å². The van der Waals surface area contributed by atoms with E-state index in [9.17, 15) is 26.3 Å². The zero-order valence-electron chi connectivity index (χ0n) is 27.4. The van der Waals surface area contributed by atoms with Gasteiger partial charge < -0.3 is 0 Å². The molecule has 4 nitrogen and oxygen atoms in total. The number of fused-ring (bicyclic) bond motifs is 4. The van der Waals surface area contributed by atoms with Crippen LogP contribution >= 0.6 is 45.3 Å². The van der Waals surface area contributed by atoms with Crippen LogP contribution in [0, 0.1) is 13.8 Å². The highest BCUT2D eigenvalue weighted by molar-refractivity contribution is 7.23. The largest absolute Gasteiger partial charge is 0.411 e. The quantitative estimate of drug-likeness (QED) is 0.163. The standard InChI is InChI=1S/C39H22F6N4S4/c1-19-3-11-24(12-4-19)37(38(40,41)42,39(43,44)45)25-13-9-23(10-14-25)36-49-29-18-32-28(17-33(29)53-36)48-35(52-32)22-7-5-21(6-8-22)34-47-27-16-30-26(15-31(27)51-34)46-20(2)50-30/h3-18H,1-2H3. The summed E-state index contributed by atoms with van der Waals surface area (Å²) < 4.78 is 91.4. The van der Waals surface area contributed by atoms with Crippen LogP contribution in [0.1, 0.15) is 21.7 Å². The minimum atomic E-state index is -5.65. The molecular formula is C39H22F6N4S4. The maximum Gasteiger partial charge on any atom is 0.411 e. The van der Waals surface area contributed by atoms with Crippen molar-refractivity contribution in [2.45, 2.75) is 31.6 Å². The van der Waals surface area contributed by atoms with Gasteiger partial charge in [0.2, 0.25) is 5.41 Å². The molecule has 5 aromatic carbocycles. The van der Waals surface area contributed by atoms with Crippen LogP contribution in [-0.4, -0.2) is 32.3 Å². The Morgan fingerprint density at radius 3 is 1.11 bits per heavy atom. The SMILES string of the molecule is Cc1ccc(C(c2ccc(-c3nc4cc5sc(-c6ccc(-c7nc8cc9sc(C)nc9cc8s7)cc6)nc5cc4s3)cc2)(C(F)(F)F)C(F)(F)F)cc1. The van der Waals surface area contributed by atoms with Gasteiger partial charge in [0.15, 0.2) is 0 Å². The number of alkyl halides is 6. The minimum Gasteiger partial charge on any atom is -0.241 e. The van der Waals surface area contributed by atoms with Crippen molar-refractivity contribution in [2.75, 3.05) is 0 Å². The Bertz CT molecular complexity index is 2710. The Morgan fingerprint density at radius 2 is 0.736 bits per heavy atom. The van der Waals surface area contributed by atoms with E-state index in [-0.39, 0.29) is 0 Å². The molecule has 0 amide bonds. The molecule has 0 radical (unpaired) electrons. The summed E-state index contributed by atoms with van der Waals surface area (Å²) in [6, 6.07) is 24.7. The second kappa shape index (κ2) is 12.1. The maximum absolute atomic E-state index is 14.6. The molecule has 0 unspecified atom stereocenters. The first-order valence-corrected chi connectivity index (χ1v) is 19.3. The summed E-state index contributed by atoms with van der Waals surface area (Å²) in [5.74, 6) is 0. The predicted molar refractivity (Wildman–Crippen MR) is 204 cm³/mol. The third-order valence-corrected chi connectivity index (χ3v) is 13.3. The van der Waals surface area contributed by atoms with Crippen LogP contribution in [0.25, 0.3) is 72.6 Å². The molecule has 0 bridgehead atoms. The van der Waals surface area contributed by atoms with Crippen molar-refractivity contribution >= 4 is 86.2 Å². The molecule has 14 heteroatoms. The Balaban J connectivity index is 0.999. The van der Waals surface area contributed by atoms with Crippen LogP contribution in [0.2, 0.25) is 0 Å². The molecule has 0 aliphatic rings. The summed E-state index contributed by atoms with van der Waals surface area (Å²) in [5.41, 5.74) is 0.282. The number of benzene rings is 5. The van der Waals surface area contributed by atoms with Crippen LogP contribution in [0.15, 0.2) is 97.1 Å². The summed E-state index contributed by atoms with van der Waals surface area (Å²) >= 11 is 6.09. The highest BCUT2D eigenvalue weighted by Crippen LogP contribution is 2.56. The lowest BCUT2D eigenvalue weighted by atomic mass is 9.72. The summed E-state index contributed by atoms with van der Waals surface area (Å²) in [5, 5.41) is 3.26. The van der Waals surface area contributed by atoms with Crippen LogP contribution in [0.5, 0.6) is 0 Å². The van der Waals surface area contributed by atoms with Crippen molar-refractivity contribution in [2.24, 2.45) is 0 Å². The van der Waals surface area contributed by atoms with Crippen molar-refractivity contribution in [3.8, 4) is 31.7 Å². The monoisotopic (exact) mass is 788 g/mol. The van der Waals surface area contributed by atoms with Gasteiger partial charge in [-0.05, 0) is 49.2 Å². The number of thiazole rings is 4. The van der Waals surface area contributed by atoms with Gasteiger partial charge in [-0.15, -0.1) is 45.3 Å². The lowest BCUT2D eigenvalue weighted by Crippen LogP contribution is -2.54. The van der Waals surface area contributed by atoms with Gasteiger partial charge in [0.1, 0.15) is 15.0 Å². The van der Waals surface area contributed by atoms with E-state index in [2.05, 4.69) is 17.1 Å². The smallest absolute Gasteiger partial charge is 0.241 e. The summed E-state index contributed by atoms with van der Waals surface area (Å²) in [7, 11) is 0. The molecule has 9 aromatic rings. The van der Waals surface area contributed by atoms with E-state index in [0.29, 0.717) is 21.7 Å². The van der Waals surface area contributed by atoms with E-state index >= 15 is 0 Å². The van der Waals surface area contributed by atoms with Gasteiger partial charge in [-0.25, -0.2) is 19.9 Å². The number of aromatic nitrogens is 4. The van der Waals surface area contributed by atoms with Crippen LogP contribution in [0.4, 0.5) is 26.3 Å². The van der Waals surface area contributed by atoms with Crippen molar-refractivity contribution in [1.29, 1.82) is 0 Å². The molecule has 4 aromatic heterocycles. The first-order valence-electron chi connectivity index (χ1n) is 16.1. The highest BCUT2D eigenvalue weighted by Gasteiger charge is 2.72. The van der Waals surface area contributed by atoms with Gasteiger partial charge in [0.25, 0.3) is 0 Å². The molecule has 0 spiro atoms. The van der Waals surface area contributed by atoms with Crippen LogP contribution < -0.4 is 0 Å². The molecule has 53 heavy (non-hydrogen) atoms. The molecular weight excluding hydrogens is 767 g/mol. The Morgan fingerprint density at radius 1 is 0.415 bits per heavy atom. The number of halogens is 6. The van der Waals surface area contributed by atoms with E-state index in [1.165, 1.54) is 46.9 Å². The third-order valence-electron chi connectivity index (χ3n) is 9.18. The fourth-order valence-electron chi connectivity index (χ4n) is 6.59. The van der Waals surface area contributed by atoms with Crippen molar-refractivity contribution in [3.05, 3.63) is 119 Å². The topological polar surface area (TPSA) is 51.6 Å². The molecule has 0 fully saturated rings. The molecule has 264 valence electrons. The zero-order valence-corrected chi connectivity index (χ0v) is 30.7. The molecule has 0 N–H and O–H groups in total. The number of rotatable bonds is 5. The minimum absolute atomic E-state index is 0.411. The van der Waals surface area contributed by atoms with Gasteiger partial charge in [-0.1, -0.05) is 78.4 Å². The highest BCUT2D eigenvalue weighted by atomic mass is 32.1. The lowest BCUT2D eigenvalue weighted by Gasteiger charge is -2.38. The number of hydrogen-bond donors (Lipinski definition) is 0. The van der Waals surface area contributed by atoms with E-state index in [4.69, 9.17) is 15.0 Å². The average Bonchev–Trinajstić information content (AvgIpc) is 3.90. The van der Waals surface area contributed by atoms with Gasteiger partial charge in [0, 0.05) is 16.7 Å². The van der Waals surface area contributed by atoms with Gasteiger partial charge in [-0.2, -0.15) is 26.3 Å². The summed E-state index contributed by atoms with van der Waals surface area (Å²) in [6.07, 6.45) is -11.3. The molecule has 0 aliphatic heterocycles. The fourth-order valence-corrected chi connectivity index (χ4v) is 10.4. The first kappa shape index (κ1) is 34.0. The van der Waals surface area contributed by atoms with Crippen LogP contribution in [0.3, 0.4) is 0 Å². The molecule has 9 rings (SSSR count). The molecule has 0 saturated carbocycles. The lowest BCUT2D eigenvalue weighted by molar-refractivity contribution is -0.288. The molecule has 0 atom stereocenters. The second-order valence-corrected chi connectivity index (χ2v) is 17.0. The second-order valence-electron chi connectivity index (χ2n) is 12.6. The zero-order chi connectivity index (χ0) is 36.9. The Hall–Kier alpha value is -4.76. The van der Waals surface area contributed by atoms with Crippen molar-refractivity contribution in [1.82, 2.24) is 19.9 Å². The fraction of sp³-hybridized carbons (Fsp3) is 0.128. The van der Waals surface area contributed by atoms with Crippen molar-refractivity contribution in [3.63, 3.8) is 0 Å². The first-order chi connectivity index (χ1) is 25.3. The van der Waals surface area contributed by atoms with Gasteiger partial charge in [-0.3, -0.25) is 0 Å². The normalized spacial score (nSPS) is 12.9. The summed E-state index contributed by atoms with van der Waals surface area (Å²) in [4.78, 5) is 19.0. The molecule has 0 saturated heterocycles. The summed E-state index contributed by atoms with van der Waals surface area (Å²) in [6.45, 7) is 3.60. The van der Waals surface area contributed by atoms with E-state index in [0.717, 1.165) is 85.8 Å². The number of hydrogen-bond acceptors (Lipinski definition) is 8. The third kappa shape index (κ3) is 5.61. The Labute approximate surface area is 313 Å².